The maximum Gasteiger partial charge on any atom is 0.227 e. The summed E-state index contributed by atoms with van der Waals surface area (Å²) in [7, 11) is 0. The SMILES string of the molecule is Cc1nc(N2CCc3ccccc3C2)nc(Nc2ccc(F)cc2)c1C.Cl. The Morgan fingerprint density at radius 2 is 1.67 bits per heavy atom. The van der Waals surface area contributed by atoms with Gasteiger partial charge in [0.05, 0.1) is 0 Å². The molecule has 1 aliphatic rings. The van der Waals surface area contributed by atoms with Crippen molar-refractivity contribution < 1.29 is 4.39 Å². The third-order valence-electron chi connectivity index (χ3n) is 4.90. The Morgan fingerprint density at radius 1 is 0.963 bits per heavy atom. The third kappa shape index (κ3) is 4.03. The summed E-state index contributed by atoms with van der Waals surface area (Å²) in [6.07, 6.45) is 0.993. The lowest BCUT2D eigenvalue weighted by Crippen LogP contribution is -2.32. The van der Waals surface area contributed by atoms with E-state index in [2.05, 4.69) is 34.5 Å². The maximum absolute atomic E-state index is 13.1. The number of rotatable bonds is 3. The monoisotopic (exact) mass is 384 g/mol. The zero-order chi connectivity index (χ0) is 18.1. The summed E-state index contributed by atoms with van der Waals surface area (Å²) in [4.78, 5) is 11.7. The summed E-state index contributed by atoms with van der Waals surface area (Å²) < 4.78 is 13.1. The molecule has 0 radical (unpaired) electrons. The second-order valence-electron chi connectivity index (χ2n) is 6.65. The first-order chi connectivity index (χ1) is 12.6. The number of hydrogen-bond acceptors (Lipinski definition) is 4. The first-order valence-electron chi connectivity index (χ1n) is 8.80. The summed E-state index contributed by atoms with van der Waals surface area (Å²) in [5, 5.41) is 3.29. The number of aromatic nitrogens is 2. The van der Waals surface area contributed by atoms with Crippen LogP contribution in [0.5, 0.6) is 0 Å². The summed E-state index contributed by atoms with van der Waals surface area (Å²) in [6, 6.07) is 14.8. The van der Waals surface area contributed by atoms with Crippen LogP contribution in [0.2, 0.25) is 0 Å². The smallest absolute Gasteiger partial charge is 0.227 e. The first-order valence-corrected chi connectivity index (χ1v) is 8.80. The largest absolute Gasteiger partial charge is 0.340 e. The van der Waals surface area contributed by atoms with Gasteiger partial charge in [-0.15, -0.1) is 12.4 Å². The van der Waals surface area contributed by atoms with Gasteiger partial charge in [0.25, 0.3) is 0 Å². The van der Waals surface area contributed by atoms with Crippen LogP contribution in [0.4, 0.5) is 21.8 Å². The van der Waals surface area contributed by atoms with E-state index in [9.17, 15) is 4.39 Å². The van der Waals surface area contributed by atoms with Crippen molar-refractivity contribution >= 4 is 29.9 Å². The minimum absolute atomic E-state index is 0. The highest BCUT2D eigenvalue weighted by Crippen LogP contribution is 2.26. The van der Waals surface area contributed by atoms with Crippen LogP contribution < -0.4 is 10.2 Å². The molecule has 0 atom stereocenters. The molecule has 0 aliphatic carbocycles. The molecule has 0 spiro atoms. The van der Waals surface area contributed by atoms with Crippen LogP contribution in [0.1, 0.15) is 22.4 Å². The molecule has 0 amide bonds. The van der Waals surface area contributed by atoms with Gasteiger partial charge in [-0.25, -0.2) is 9.37 Å². The molecule has 0 bridgehead atoms. The van der Waals surface area contributed by atoms with E-state index in [4.69, 9.17) is 9.97 Å². The summed E-state index contributed by atoms with van der Waals surface area (Å²) >= 11 is 0. The predicted octanol–water partition coefficient (Wildman–Crippen LogP) is 4.96. The average Bonchev–Trinajstić information content (AvgIpc) is 2.66. The Kier molecular flexibility index (Phi) is 5.61. The summed E-state index contributed by atoms with van der Waals surface area (Å²) in [6.45, 7) is 5.70. The van der Waals surface area contributed by atoms with E-state index >= 15 is 0 Å². The van der Waals surface area contributed by atoms with Crippen molar-refractivity contribution in [3.05, 3.63) is 76.7 Å². The molecule has 4 rings (SSSR count). The van der Waals surface area contributed by atoms with Gasteiger partial charge in [0, 0.05) is 30.0 Å². The van der Waals surface area contributed by atoms with Crippen molar-refractivity contribution in [1.29, 1.82) is 0 Å². The zero-order valence-corrected chi connectivity index (χ0v) is 16.2. The molecule has 0 unspecified atom stereocenters. The van der Waals surface area contributed by atoms with Gasteiger partial charge < -0.3 is 10.2 Å². The molecule has 6 heteroatoms. The number of benzene rings is 2. The topological polar surface area (TPSA) is 41.1 Å². The third-order valence-corrected chi connectivity index (χ3v) is 4.90. The minimum atomic E-state index is -0.251. The zero-order valence-electron chi connectivity index (χ0n) is 15.4. The number of aryl methyl sites for hydroxylation is 1. The lowest BCUT2D eigenvalue weighted by molar-refractivity contribution is 0.628. The van der Waals surface area contributed by atoms with E-state index in [1.807, 2.05) is 13.8 Å². The fraction of sp³-hybridized carbons (Fsp3) is 0.238. The Morgan fingerprint density at radius 3 is 2.41 bits per heavy atom. The molecule has 3 aromatic rings. The highest BCUT2D eigenvalue weighted by molar-refractivity contribution is 5.85. The molecule has 140 valence electrons. The van der Waals surface area contributed by atoms with Gasteiger partial charge in [-0.05, 0) is 55.7 Å². The molecule has 1 aliphatic heterocycles. The molecule has 0 fully saturated rings. The Labute approximate surface area is 164 Å². The van der Waals surface area contributed by atoms with Crippen LogP contribution in [-0.2, 0) is 13.0 Å². The van der Waals surface area contributed by atoms with Gasteiger partial charge >= 0.3 is 0 Å². The molecular formula is C21H22ClFN4. The van der Waals surface area contributed by atoms with Gasteiger partial charge in [-0.1, -0.05) is 24.3 Å². The van der Waals surface area contributed by atoms with E-state index in [-0.39, 0.29) is 18.2 Å². The van der Waals surface area contributed by atoms with Gasteiger partial charge in [-0.2, -0.15) is 4.98 Å². The van der Waals surface area contributed by atoms with Crippen LogP contribution in [-0.4, -0.2) is 16.5 Å². The van der Waals surface area contributed by atoms with E-state index in [0.717, 1.165) is 48.2 Å². The van der Waals surface area contributed by atoms with Crippen LogP contribution in [0, 0.1) is 19.7 Å². The molecule has 2 heterocycles. The fourth-order valence-corrected chi connectivity index (χ4v) is 3.21. The van der Waals surface area contributed by atoms with Gasteiger partial charge in [-0.3, -0.25) is 0 Å². The van der Waals surface area contributed by atoms with Gasteiger partial charge in [0.2, 0.25) is 5.95 Å². The van der Waals surface area contributed by atoms with Crippen LogP contribution in [0.15, 0.2) is 48.5 Å². The minimum Gasteiger partial charge on any atom is -0.340 e. The quantitative estimate of drug-likeness (QED) is 0.692. The van der Waals surface area contributed by atoms with E-state index < -0.39 is 0 Å². The Bertz CT molecular complexity index is 943. The fourth-order valence-electron chi connectivity index (χ4n) is 3.21. The number of nitrogens with one attached hydrogen (secondary N) is 1. The molecule has 2 aromatic carbocycles. The molecular weight excluding hydrogens is 363 g/mol. The van der Waals surface area contributed by atoms with E-state index in [1.165, 1.54) is 23.3 Å². The molecule has 27 heavy (non-hydrogen) atoms. The van der Waals surface area contributed by atoms with Crippen molar-refractivity contribution in [3.63, 3.8) is 0 Å². The number of halogens is 2. The number of hydrogen-bond donors (Lipinski definition) is 1. The van der Waals surface area contributed by atoms with Crippen molar-refractivity contribution in [2.75, 3.05) is 16.8 Å². The number of anilines is 3. The van der Waals surface area contributed by atoms with Crippen molar-refractivity contribution in [2.45, 2.75) is 26.8 Å². The van der Waals surface area contributed by atoms with Crippen molar-refractivity contribution in [3.8, 4) is 0 Å². The normalized spacial score (nSPS) is 12.9. The van der Waals surface area contributed by atoms with Crippen LogP contribution in [0.25, 0.3) is 0 Å². The van der Waals surface area contributed by atoms with E-state index in [0.29, 0.717) is 0 Å². The lowest BCUT2D eigenvalue weighted by Gasteiger charge is -2.29. The second kappa shape index (κ2) is 7.92. The molecule has 0 saturated carbocycles. The average molecular weight is 385 g/mol. The number of nitrogens with zero attached hydrogens (tertiary/aromatic N) is 3. The highest BCUT2D eigenvalue weighted by Gasteiger charge is 2.20. The van der Waals surface area contributed by atoms with Gasteiger partial charge in [0.1, 0.15) is 11.6 Å². The first kappa shape index (κ1) is 19.1. The maximum atomic E-state index is 13.1. The summed E-state index contributed by atoms with van der Waals surface area (Å²) in [5.74, 6) is 1.24. The Hall–Kier alpha value is -2.66. The standard InChI is InChI=1S/C21H21FN4.ClH/c1-14-15(2)23-21(25-20(14)24-19-9-7-18(22)8-10-19)26-12-11-16-5-3-4-6-17(16)13-26;/h3-10H,11-13H2,1-2H3,(H,23,24,25);1H. The second-order valence-corrected chi connectivity index (χ2v) is 6.65. The molecule has 1 aromatic heterocycles. The van der Waals surface area contributed by atoms with Gasteiger partial charge in [0.15, 0.2) is 0 Å². The molecule has 1 N–H and O–H groups in total. The molecule has 0 saturated heterocycles. The lowest BCUT2D eigenvalue weighted by atomic mass is 10.0. The van der Waals surface area contributed by atoms with Crippen molar-refractivity contribution in [1.82, 2.24) is 9.97 Å². The van der Waals surface area contributed by atoms with Crippen LogP contribution in [0.3, 0.4) is 0 Å². The Balaban J connectivity index is 0.00000210. The number of fused-ring (bicyclic) bond motifs is 1. The van der Waals surface area contributed by atoms with Crippen molar-refractivity contribution in [2.24, 2.45) is 0 Å². The highest BCUT2D eigenvalue weighted by atomic mass is 35.5. The molecule has 4 nitrogen and oxygen atoms in total. The predicted molar refractivity (Wildman–Crippen MR) is 110 cm³/mol. The summed E-state index contributed by atoms with van der Waals surface area (Å²) in [5.41, 5.74) is 5.47. The van der Waals surface area contributed by atoms with E-state index in [1.54, 1.807) is 12.1 Å². The van der Waals surface area contributed by atoms with Crippen LogP contribution >= 0.6 is 12.4 Å².